The van der Waals surface area contributed by atoms with Gasteiger partial charge in [0.15, 0.2) is 5.82 Å². The Hall–Kier alpha value is -1.59. The minimum atomic E-state index is -0.639. The fraction of sp³-hybridized carbons (Fsp3) is 0.235. The number of carbonyl (C=O) groups is 1. The van der Waals surface area contributed by atoms with E-state index in [1.54, 1.807) is 6.07 Å². The van der Waals surface area contributed by atoms with Gasteiger partial charge < -0.3 is 10.1 Å². The SMILES string of the molecule is O=C(CC1COc2ccccc2C1)Nc1ccc(Br)c(Cl)c1F. The Bertz CT molecular complexity index is 753. The number of anilines is 1. The molecular formula is C17H14BrClFNO2. The van der Waals surface area contributed by atoms with Crippen molar-refractivity contribution >= 4 is 39.1 Å². The van der Waals surface area contributed by atoms with Gasteiger partial charge in [-0.15, -0.1) is 0 Å². The van der Waals surface area contributed by atoms with E-state index in [1.165, 1.54) is 6.07 Å². The standard InChI is InChI=1S/C17H14BrClFNO2/c18-12-5-6-13(17(20)16(12)19)21-15(22)8-10-7-11-3-1-2-4-14(11)23-9-10/h1-6,10H,7-9H2,(H,21,22). The van der Waals surface area contributed by atoms with E-state index in [-0.39, 0.29) is 29.0 Å². The minimum Gasteiger partial charge on any atom is -0.493 e. The lowest BCUT2D eigenvalue weighted by atomic mass is 9.94. The van der Waals surface area contributed by atoms with Gasteiger partial charge in [0.1, 0.15) is 5.75 Å². The molecule has 2 aromatic carbocycles. The van der Waals surface area contributed by atoms with Gasteiger partial charge in [-0.2, -0.15) is 0 Å². The molecule has 1 N–H and O–H groups in total. The summed E-state index contributed by atoms with van der Waals surface area (Å²) in [6.45, 7) is 0.480. The molecule has 0 radical (unpaired) electrons. The van der Waals surface area contributed by atoms with Gasteiger partial charge in [0.25, 0.3) is 0 Å². The fourth-order valence-corrected chi connectivity index (χ4v) is 3.08. The Morgan fingerprint density at radius 2 is 2.13 bits per heavy atom. The molecule has 1 atom stereocenters. The number of benzene rings is 2. The van der Waals surface area contributed by atoms with Crippen LogP contribution < -0.4 is 10.1 Å². The van der Waals surface area contributed by atoms with Crippen molar-refractivity contribution in [3.8, 4) is 5.75 Å². The Balaban J connectivity index is 1.64. The molecular weight excluding hydrogens is 385 g/mol. The summed E-state index contributed by atoms with van der Waals surface area (Å²) in [7, 11) is 0. The molecule has 0 bridgehead atoms. The zero-order valence-corrected chi connectivity index (χ0v) is 14.5. The van der Waals surface area contributed by atoms with E-state index in [9.17, 15) is 9.18 Å². The molecule has 0 aliphatic carbocycles. The lowest BCUT2D eigenvalue weighted by Crippen LogP contribution is -2.26. The van der Waals surface area contributed by atoms with Crippen molar-refractivity contribution < 1.29 is 13.9 Å². The molecule has 1 amide bonds. The van der Waals surface area contributed by atoms with Gasteiger partial charge in [-0.3, -0.25) is 4.79 Å². The maximum absolute atomic E-state index is 14.0. The molecule has 1 aliphatic rings. The highest BCUT2D eigenvalue weighted by molar-refractivity contribution is 9.10. The predicted molar refractivity (Wildman–Crippen MR) is 91.5 cm³/mol. The third kappa shape index (κ3) is 3.67. The minimum absolute atomic E-state index is 0.0438. The van der Waals surface area contributed by atoms with Gasteiger partial charge in [0, 0.05) is 16.8 Å². The number of nitrogens with one attached hydrogen (secondary N) is 1. The number of ether oxygens (including phenoxy) is 1. The van der Waals surface area contributed by atoms with E-state index in [4.69, 9.17) is 16.3 Å². The molecule has 0 aromatic heterocycles. The van der Waals surface area contributed by atoms with Crippen LogP contribution in [0.4, 0.5) is 10.1 Å². The van der Waals surface area contributed by atoms with Crippen molar-refractivity contribution in [3.63, 3.8) is 0 Å². The quantitative estimate of drug-likeness (QED) is 0.753. The van der Waals surface area contributed by atoms with Crippen LogP contribution in [-0.2, 0) is 11.2 Å². The van der Waals surface area contributed by atoms with Gasteiger partial charge in [-0.05, 0) is 46.1 Å². The predicted octanol–water partition coefficient (Wildman–Crippen LogP) is 4.82. The largest absolute Gasteiger partial charge is 0.493 e. The summed E-state index contributed by atoms with van der Waals surface area (Å²) in [6.07, 6.45) is 1.04. The normalized spacial score (nSPS) is 16.4. The molecule has 3 rings (SSSR count). The lowest BCUT2D eigenvalue weighted by Gasteiger charge is -2.24. The highest BCUT2D eigenvalue weighted by atomic mass is 79.9. The number of hydrogen-bond acceptors (Lipinski definition) is 2. The Morgan fingerprint density at radius 3 is 2.96 bits per heavy atom. The fourth-order valence-electron chi connectivity index (χ4n) is 2.61. The second kappa shape index (κ2) is 6.89. The van der Waals surface area contributed by atoms with Crippen molar-refractivity contribution in [2.24, 2.45) is 5.92 Å². The van der Waals surface area contributed by atoms with E-state index in [0.717, 1.165) is 17.7 Å². The number of halogens is 3. The summed E-state index contributed by atoms with van der Waals surface area (Å²) in [5, 5.41) is 2.53. The van der Waals surface area contributed by atoms with Crippen LogP contribution in [0.2, 0.25) is 5.02 Å². The Labute approximate surface area is 146 Å². The second-order valence-corrected chi connectivity index (χ2v) is 6.70. The molecule has 120 valence electrons. The lowest BCUT2D eigenvalue weighted by molar-refractivity contribution is -0.117. The average molecular weight is 399 g/mol. The summed E-state index contributed by atoms with van der Waals surface area (Å²) in [6, 6.07) is 10.9. The van der Waals surface area contributed by atoms with Gasteiger partial charge in [0.05, 0.1) is 17.3 Å². The van der Waals surface area contributed by atoms with Crippen LogP contribution >= 0.6 is 27.5 Å². The van der Waals surface area contributed by atoms with E-state index < -0.39 is 5.82 Å². The van der Waals surface area contributed by atoms with Crippen LogP contribution in [0.15, 0.2) is 40.9 Å². The Kier molecular flexibility index (Phi) is 4.87. The maximum Gasteiger partial charge on any atom is 0.224 e. The molecule has 1 unspecified atom stereocenters. The van der Waals surface area contributed by atoms with Gasteiger partial charge in [-0.25, -0.2) is 4.39 Å². The molecule has 1 aliphatic heterocycles. The number of amides is 1. The van der Waals surface area contributed by atoms with E-state index in [2.05, 4.69) is 21.2 Å². The summed E-state index contributed by atoms with van der Waals surface area (Å²) < 4.78 is 20.1. The van der Waals surface area contributed by atoms with Crippen LogP contribution in [0.3, 0.4) is 0 Å². The van der Waals surface area contributed by atoms with Crippen molar-refractivity contribution in [2.75, 3.05) is 11.9 Å². The molecule has 3 nitrogen and oxygen atoms in total. The number of rotatable bonds is 3. The zero-order chi connectivity index (χ0) is 16.4. The van der Waals surface area contributed by atoms with Crippen LogP contribution in [0.5, 0.6) is 5.75 Å². The molecule has 0 spiro atoms. The molecule has 23 heavy (non-hydrogen) atoms. The first-order chi connectivity index (χ1) is 11.0. The number of carbonyl (C=O) groups excluding carboxylic acids is 1. The molecule has 1 heterocycles. The van der Waals surface area contributed by atoms with E-state index in [1.807, 2.05) is 24.3 Å². The number of para-hydroxylation sites is 1. The number of hydrogen-bond donors (Lipinski definition) is 1. The van der Waals surface area contributed by atoms with Gasteiger partial charge in [0.2, 0.25) is 5.91 Å². The Morgan fingerprint density at radius 1 is 1.35 bits per heavy atom. The molecule has 0 saturated heterocycles. The van der Waals surface area contributed by atoms with E-state index in [0.29, 0.717) is 11.1 Å². The van der Waals surface area contributed by atoms with Crippen LogP contribution in [0.1, 0.15) is 12.0 Å². The third-order valence-corrected chi connectivity index (χ3v) is 5.00. The molecule has 2 aromatic rings. The maximum atomic E-state index is 14.0. The first-order valence-corrected chi connectivity index (χ1v) is 8.35. The van der Waals surface area contributed by atoms with E-state index >= 15 is 0 Å². The third-order valence-electron chi connectivity index (χ3n) is 3.74. The first kappa shape index (κ1) is 16.3. The highest BCUT2D eigenvalue weighted by Crippen LogP contribution is 2.31. The smallest absolute Gasteiger partial charge is 0.224 e. The topological polar surface area (TPSA) is 38.3 Å². The zero-order valence-electron chi connectivity index (χ0n) is 12.1. The van der Waals surface area contributed by atoms with Crippen molar-refractivity contribution in [2.45, 2.75) is 12.8 Å². The van der Waals surface area contributed by atoms with Gasteiger partial charge in [-0.1, -0.05) is 29.8 Å². The molecule has 6 heteroatoms. The average Bonchev–Trinajstić information content (AvgIpc) is 2.55. The molecule has 0 fully saturated rings. The summed E-state index contributed by atoms with van der Waals surface area (Å²) in [4.78, 5) is 12.2. The number of fused-ring (bicyclic) bond motifs is 1. The summed E-state index contributed by atoms with van der Waals surface area (Å²) >= 11 is 8.96. The van der Waals surface area contributed by atoms with Gasteiger partial charge >= 0.3 is 0 Å². The van der Waals surface area contributed by atoms with Crippen molar-refractivity contribution in [1.29, 1.82) is 0 Å². The second-order valence-electron chi connectivity index (χ2n) is 5.46. The van der Waals surface area contributed by atoms with Crippen LogP contribution in [0, 0.1) is 11.7 Å². The summed E-state index contributed by atoms with van der Waals surface area (Å²) in [5.41, 5.74) is 1.18. The van der Waals surface area contributed by atoms with Crippen LogP contribution in [-0.4, -0.2) is 12.5 Å². The molecule has 0 saturated carbocycles. The van der Waals surface area contributed by atoms with Crippen LogP contribution in [0.25, 0.3) is 0 Å². The first-order valence-electron chi connectivity index (χ1n) is 7.18. The monoisotopic (exact) mass is 397 g/mol. The van der Waals surface area contributed by atoms with Crippen molar-refractivity contribution in [3.05, 3.63) is 57.3 Å². The summed E-state index contributed by atoms with van der Waals surface area (Å²) in [5.74, 6) is 0.0451. The van der Waals surface area contributed by atoms with Crippen molar-refractivity contribution in [1.82, 2.24) is 0 Å². The highest BCUT2D eigenvalue weighted by Gasteiger charge is 2.22.